The minimum absolute atomic E-state index is 0.0270. The molecule has 2 heterocycles. The molecule has 5 nitrogen and oxygen atoms in total. The van der Waals surface area contributed by atoms with Crippen LogP contribution in [-0.4, -0.2) is 28.9 Å². The van der Waals surface area contributed by atoms with E-state index in [-0.39, 0.29) is 5.56 Å². The first kappa shape index (κ1) is 15.0. The first-order chi connectivity index (χ1) is 10.1. The zero-order valence-electron chi connectivity index (χ0n) is 12.4. The van der Waals surface area contributed by atoms with E-state index in [9.17, 15) is 4.79 Å². The Labute approximate surface area is 133 Å². The van der Waals surface area contributed by atoms with Crippen LogP contribution in [0, 0.1) is 11.8 Å². The number of halogens is 1. The molecule has 116 valence electrons. The van der Waals surface area contributed by atoms with Crippen LogP contribution in [0.2, 0.25) is 0 Å². The van der Waals surface area contributed by atoms with Gasteiger partial charge in [-0.05, 0) is 73.5 Å². The second-order valence-corrected chi connectivity index (χ2v) is 7.14. The lowest BCUT2D eigenvalue weighted by Crippen LogP contribution is -2.39. The molecule has 0 aromatic carbocycles. The van der Waals surface area contributed by atoms with Crippen molar-refractivity contribution in [2.24, 2.45) is 11.8 Å². The fourth-order valence-corrected chi connectivity index (χ4v) is 3.33. The molecule has 2 aliphatic rings. The van der Waals surface area contributed by atoms with Gasteiger partial charge in [0, 0.05) is 12.6 Å². The van der Waals surface area contributed by atoms with Crippen LogP contribution >= 0.6 is 15.9 Å². The molecule has 1 aliphatic carbocycles. The van der Waals surface area contributed by atoms with Crippen molar-refractivity contribution in [1.29, 1.82) is 0 Å². The van der Waals surface area contributed by atoms with Crippen LogP contribution in [-0.2, 0) is 6.54 Å². The molecule has 1 aliphatic heterocycles. The molecule has 1 saturated heterocycles. The van der Waals surface area contributed by atoms with Gasteiger partial charge in [-0.2, -0.15) is 5.10 Å². The van der Waals surface area contributed by atoms with Crippen LogP contribution in [0.3, 0.4) is 0 Å². The van der Waals surface area contributed by atoms with Crippen molar-refractivity contribution in [1.82, 2.24) is 15.1 Å². The van der Waals surface area contributed by atoms with E-state index in [1.54, 1.807) is 10.9 Å². The second kappa shape index (κ2) is 6.48. The van der Waals surface area contributed by atoms with Gasteiger partial charge in [-0.15, -0.1) is 0 Å². The van der Waals surface area contributed by atoms with E-state index in [1.165, 1.54) is 25.7 Å². The maximum Gasteiger partial charge on any atom is 0.283 e. The summed E-state index contributed by atoms with van der Waals surface area (Å²) in [6.07, 6.45) is 6.67. The number of hydrogen-bond donors (Lipinski definition) is 2. The molecular formula is C15H23BrN4O. The number of hydrogen-bond acceptors (Lipinski definition) is 4. The average Bonchev–Trinajstić information content (AvgIpc) is 3.32. The van der Waals surface area contributed by atoms with E-state index in [0.717, 1.165) is 25.3 Å². The Morgan fingerprint density at radius 2 is 2.33 bits per heavy atom. The van der Waals surface area contributed by atoms with Gasteiger partial charge in [0.2, 0.25) is 0 Å². The Morgan fingerprint density at radius 1 is 1.52 bits per heavy atom. The molecule has 2 atom stereocenters. The van der Waals surface area contributed by atoms with Crippen molar-refractivity contribution in [2.75, 3.05) is 18.4 Å². The number of aromatic nitrogens is 2. The molecule has 1 aromatic heterocycles. The van der Waals surface area contributed by atoms with Crippen LogP contribution in [0.15, 0.2) is 15.5 Å². The highest BCUT2D eigenvalue weighted by Gasteiger charge is 2.24. The van der Waals surface area contributed by atoms with Crippen LogP contribution in [0.5, 0.6) is 0 Å². The summed E-state index contributed by atoms with van der Waals surface area (Å²) in [5, 5.41) is 11.2. The van der Waals surface area contributed by atoms with Crippen molar-refractivity contribution in [3.63, 3.8) is 0 Å². The van der Waals surface area contributed by atoms with Gasteiger partial charge in [0.15, 0.2) is 0 Å². The van der Waals surface area contributed by atoms with Crippen molar-refractivity contribution in [2.45, 2.75) is 45.2 Å². The predicted octanol–water partition coefficient (Wildman–Crippen LogP) is 2.22. The van der Waals surface area contributed by atoms with Crippen LogP contribution < -0.4 is 16.2 Å². The van der Waals surface area contributed by atoms with Gasteiger partial charge in [0.05, 0.1) is 11.9 Å². The van der Waals surface area contributed by atoms with Crippen molar-refractivity contribution < 1.29 is 0 Å². The topological polar surface area (TPSA) is 59.0 Å². The SMILES string of the molecule is CC(Nc1cnn(CC2CC2)c(=O)c1Br)C1CCCNC1. The largest absolute Gasteiger partial charge is 0.380 e. The maximum atomic E-state index is 12.3. The van der Waals surface area contributed by atoms with Gasteiger partial charge in [0.1, 0.15) is 4.47 Å². The van der Waals surface area contributed by atoms with Gasteiger partial charge in [0.25, 0.3) is 5.56 Å². The Hall–Kier alpha value is -0.880. The molecule has 0 amide bonds. The van der Waals surface area contributed by atoms with Gasteiger partial charge >= 0.3 is 0 Å². The Balaban J connectivity index is 1.69. The van der Waals surface area contributed by atoms with E-state index >= 15 is 0 Å². The minimum Gasteiger partial charge on any atom is -0.380 e. The molecule has 2 unspecified atom stereocenters. The third kappa shape index (κ3) is 3.66. The number of nitrogens with one attached hydrogen (secondary N) is 2. The second-order valence-electron chi connectivity index (χ2n) is 6.34. The molecule has 1 aromatic rings. The van der Waals surface area contributed by atoms with Crippen molar-refractivity contribution in [3.8, 4) is 0 Å². The zero-order valence-corrected chi connectivity index (χ0v) is 14.0. The van der Waals surface area contributed by atoms with E-state index < -0.39 is 0 Å². The number of rotatable bonds is 5. The summed E-state index contributed by atoms with van der Waals surface area (Å²) in [5.41, 5.74) is 0.783. The summed E-state index contributed by atoms with van der Waals surface area (Å²) in [6, 6.07) is 0.328. The average molecular weight is 355 g/mol. The third-order valence-corrected chi connectivity index (χ3v) is 5.30. The highest BCUT2D eigenvalue weighted by molar-refractivity contribution is 9.10. The fraction of sp³-hybridized carbons (Fsp3) is 0.733. The summed E-state index contributed by atoms with van der Waals surface area (Å²) in [5.74, 6) is 1.24. The molecule has 1 saturated carbocycles. The Bertz CT molecular complexity index is 549. The molecule has 0 spiro atoms. The Kier molecular flexibility index (Phi) is 4.64. The first-order valence-electron chi connectivity index (χ1n) is 7.88. The first-order valence-corrected chi connectivity index (χ1v) is 8.67. The van der Waals surface area contributed by atoms with Gasteiger partial charge in [-0.1, -0.05) is 0 Å². The minimum atomic E-state index is -0.0270. The smallest absolute Gasteiger partial charge is 0.283 e. The summed E-state index contributed by atoms with van der Waals surface area (Å²) >= 11 is 3.44. The monoisotopic (exact) mass is 354 g/mol. The summed E-state index contributed by atoms with van der Waals surface area (Å²) in [7, 11) is 0. The fourth-order valence-electron chi connectivity index (χ4n) is 2.91. The Morgan fingerprint density at radius 3 is 3.00 bits per heavy atom. The lowest BCUT2D eigenvalue weighted by molar-refractivity contribution is 0.347. The van der Waals surface area contributed by atoms with Gasteiger partial charge < -0.3 is 10.6 Å². The summed E-state index contributed by atoms with van der Waals surface area (Å²) in [4.78, 5) is 12.3. The molecule has 2 N–H and O–H groups in total. The third-order valence-electron chi connectivity index (χ3n) is 4.54. The van der Waals surface area contributed by atoms with Crippen LogP contribution in [0.25, 0.3) is 0 Å². The number of piperidine rings is 1. The molecule has 6 heteroatoms. The molecule has 3 rings (SSSR count). The highest BCUT2D eigenvalue weighted by Crippen LogP contribution is 2.30. The van der Waals surface area contributed by atoms with Crippen LogP contribution in [0.4, 0.5) is 5.69 Å². The normalized spacial score (nSPS) is 23.8. The van der Waals surface area contributed by atoms with Crippen LogP contribution in [0.1, 0.15) is 32.6 Å². The predicted molar refractivity (Wildman–Crippen MR) is 87.6 cm³/mol. The van der Waals surface area contributed by atoms with Gasteiger partial charge in [-0.25, -0.2) is 4.68 Å². The standard InChI is InChI=1S/C15H23BrN4O/c1-10(12-3-2-6-17-7-12)19-13-8-18-20(9-11-4-5-11)15(21)14(13)16/h8,10-12,17,19H,2-7,9H2,1H3. The molecule has 0 radical (unpaired) electrons. The van der Waals surface area contributed by atoms with Gasteiger partial charge in [-0.3, -0.25) is 4.79 Å². The van der Waals surface area contributed by atoms with E-state index in [0.29, 0.717) is 22.4 Å². The van der Waals surface area contributed by atoms with E-state index in [4.69, 9.17) is 0 Å². The highest BCUT2D eigenvalue weighted by atomic mass is 79.9. The number of nitrogens with zero attached hydrogens (tertiary/aromatic N) is 2. The summed E-state index contributed by atoms with van der Waals surface area (Å²) < 4.78 is 2.19. The number of anilines is 1. The lowest BCUT2D eigenvalue weighted by Gasteiger charge is -2.29. The summed E-state index contributed by atoms with van der Waals surface area (Å²) in [6.45, 7) is 5.09. The van der Waals surface area contributed by atoms with E-state index in [2.05, 4.69) is 38.6 Å². The van der Waals surface area contributed by atoms with Crippen molar-refractivity contribution in [3.05, 3.63) is 21.0 Å². The quantitative estimate of drug-likeness (QED) is 0.850. The van der Waals surface area contributed by atoms with Crippen molar-refractivity contribution >= 4 is 21.6 Å². The molecule has 21 heavy (non-hydrogen) atoms. The lowest BCUT2D eigenvalue weighted by atomic mass is 9.93. The molecular weight excluding hydrogens is 332 g/mol. The molecule has 0 bridgehead atoms. The molecule has 2 fully saturated rings. The maximum absolute atomic E-state index is 12.3. The van der Waals surface area contributed by atoms with E-state index in [1.807, 2.05) is 0 Å². The zero-order chi connectivity index (χ0) is 14.8.